The highest BCUT2D eigenvalue weighted by Crippen LogP contribution is 2.40. The Kier molecular flexibility index (Phi) is 7.33. The quantitative estimate of drug-likeness (QED) is 0.665. The molecule has 30 heavy (non-hydrogen) atoms. The molecule has 1 aliphatic heterocycles. The van der Waals surface area contributed by atoms with Gasteiger partial charge in [0.1, 0.15) is 11.5 Å². The van der Waals surface area contributed by atoms with E-state index in [9.17, 15) is 9.59 Å². The Morgan fingerprint density at radius 2 is 1.63 bits per heavy atom. The molecule has 0 bridgehead atoms. The number of anilines is 1. The van der Waals surface area contributed by atoms with E-state index in [1.165, 1.54) is 0 Å². The monoisotopic (exact) mass is 410 g/mol. The van der Waals surface area contributed by atoms with E-state index in [0.717, 1.165) is 35.6 Å². The topological polar surface area (TPSA) is 67.9 Å². The first-order valence-electron chi connectivity index (χ1n) is 10.5. The van der Waals surface area contributed by atoms with E-state index in [4.69, 9.17) is 9.47 Å². The van der Waals surface area contributed by atoms with Gasteiger partial charge in [0.05, 0.1) is 26.2 Å². The lowest BCUT2D eigenvalue weighted by molar-refractivity contribution is -0.129. The highest BCUT2D eigenvalue weighted by atomic mass is 16.5. The minimum Gasteiger partial charge on any atom is -0.497 e. The number of methoxy groups -OCH3 is 2. The Bertz CT molecular complexity index is 849. The number of piperidine rings is 1. The van der Waals surface area contributed by atoms with Gasteiger partial charge in [-0.15, -0.1) is 0 Å². The number of hydrogen-bond acceptors (Lipinski definition) is 4. The smallest absolute Gasteiger partial charge is 0.227 e. The SMILES string of the molecule is CCCCNC(=O)[C@@H]1CCC(=O)N(c2ccc(OC)cc2)[C@H]1c1ccc(OC)cc1. The summed E-state index contributed by atoms with van der Waals surface area (Å²) < 4.78 is 10.5. The third kappa shape index (κ3) is 4.75. The summed E-state index contributed by atoms with van der Waals surface area (Å²) in [7, 11) is 3.23. The van der Waals surface area contributed by atoms with Crippen LogP contribution in [0.3, 0.4) is 0 Å². The molecule has 0 saturated carbocycles. The summed E-state index contributed by atoms with van der Waals surface area (Å²) in [6.07, 6.45) is 2.82. The number of amides is 2. The lowest BCUT2D eigenvalue weighted by atomic mass is 9.83. The normalized spacial score (nSPS) is 18.8. The maximum atomic E-state index is 13.1. The van der Waals surface area contributed by atoms with Crippen molar-refractivity contribution in [3.05, 3.63) is 54.1 Å². The van der Waals surface area contributed by atoms with Crippen molar-refractivity contribution in [2.45, 2.75) is 38.6 Å². The molecule has 0 unspecified atom stereocenters. The molecular formula is C24H30N2O4. The molecule has 6 heteroatoms. The van der Waals surface area contributed by atoms with Crippen molar-refractivity contribution in [3.8, 4) is 11.5 Å². The van der Waals surface area contributed by atoms with Crippen molar-refractivity contribution in [2.24, 2.45) is 5.92 Å². The summed E-state index contributed by atoms with van der Waals surface area (Å²) in [5, 5.41) is 3.06. The van der Waals surface area contributed by atoms with Crippen LogP contribution in [0.25, 0.3) is 0 Å². The van der Waals surface area contributed by atoms with E-state index in [1.54, 1.807) is 19.1 Å². The van der Waals surface area contributed by atoms with Gasteiger partial charge in [0, 0.05) is 18.7 Å². The fourth-order valence-corrected chi connectivity index (χ4v) is 3.92. The average molecular weight is 411 g/mol. The van der Waals surface area contributed by atoms with Crippen LogP contribution in [0.4, 0.5) is 5.69 Å². The standard InChI is InChI=1S/C24H30N2O4/c1-4-5-16-25-24(28)21-14-15-22(27)26(18-8-12-20(30-3)13-9-18)23(21)17-6-10-19(29-2)11-7-17/h6-13,21,23H,4-5,14-16H2,1-3H3,(H,25,28)/t21-,23+/m1/s1. The Balaban J connectivity index is 1.99. The van der Waals surface area contributed by atoms with Crippen LogP contribution in [-0.2, 0) is 9.59 Å². The third-order valence-electron chi connectivity index (χ3n) is 5.57. The van der Waals surface area contributed by atoms with Crippen molar-refractivity contribution < 1.29 is 19.1 Å². The molecule has 3 rings (SSSR count). The van der Waals surface area contributed by atoms with Crippen LogP contribution in [0.1, 0.15) is 44.2 Å². The molecular weight excluding hydrogens is 380 g/mol. The van der Waals surface area contributed by atoms with Gasteiger partial charge in [-0.05, 0) is 54.8 Å². The number of carbonyl (C=O) groups is 2. The molecule has 0 aliphatic carbocycles. The molecule has 0 spiro atoms. The summed E-state index contributed by atoms with van der Waals surface area (Å²) in [5.41, 5.74) is 1.67. The van der Waals surface area contributed by atoms with Gasteiger partial charge < -0.3 is 19.7 Å². The number of nitrogens with one attached hydrogen (secondary N) is 1. The molecule has 0 aromatic heterocycles. The molecule has 1 heterocycles. The maximum Gasteiger partial charge on any atom is 0.227 e. The summed E-state index contributed by atoms with van der Waals surface area (Å²) in [6, 6.07) is 14.6. The molecule has 160 valence electrons. The van der Waals surface area contributed by atoms with Gasteiger partial charge in [0.2, 0.25) is 11.8 Å². The van der Waals surface area contributed by atoms with Crippen molar-refractivity contribution in [2.75, 3.05) is 25.7 Å². The number of benzene rings is 2. The molecule has 1 fully saturated rings. The summed E-state index contributed by atoms with van der Waals surface area (Å²) in [4.78, 5) is 27.9. The second-order valence-electron chi connectivity index (χ2n) is 7.47. The predicted octanol–water partition coefficient (Wildman–Crippen LogP) is 4.10. The third-order valence-corrected chi connectivity index (χ3v) is 5.57. The molecule has 1 N–H and O–H groups in total. The van der Waals surface area contributed by atoms with Gasteiger partial charge >= 0.3 is 0 Å². The second-order valence-corrected chi connectivity index (χ2v) is 7.47. The number of carbonyl (C=O) groups excluding carboxylic acids is 2. The van der Waals surface area contributed by atoms with Crippen molar-refractivity contribution in [3.63, 3.8) is 0 Å². The van der Waals surface area contributed by atoms with Crippen LogP contribution in [0.15, 0.2) is 48.5 Å². The van der Waals surface area contributed by atoms with Gasteiger partial charge in [-0.1, -0.05) is 25.5 Å². The highest BCUT2D eigenvalue weighted by Gasteiger charge is 2.41. The van der Waals surface area contributed by atoms with Crippen LogP contribution in [0, 0.1) is 5.92 Å². The summed E-state index contributed by atoms with van der Waals surface area (Å²) in [5.74, 6) is 1.14. The van der Waals surface area contributed by atoms with Gasteiger partial charge in [0.15, 0.2) is 0 Å². The second kappa shape index (κ2) is 10.1. The van der Waals surface area contributed by atoms with Crippen molar-refractivity contribution in [1.29, 1.82) is 0 Å². The van der Waals surface area contributed by atoms with Crippen LogP contribution in [-0.4, -0.2) is 32.6 Å². The van der Waals surface area contributed by atoms with Gasteiger partial charge in [-0.3, -0.25) is 9.59 Å². The zero-order valence-electron chi connectivity index (χ0n) is 17.9. The molecule has 2 aromatic rings. The van der Waals surface area contributed by atoms with E-state index >= 15 is 0 Å². The zero-order chi connectivity index (χ0) is 21.5. The lowest BCUT2D eigenvalue weighted by Gasteiger charge is -2.41. The molecule has 2 amide bonds. The molecule has 6 nitrogen and oxygen atoms in total. The van der Waals surface area contributed by atoms with E-state index in [2.05, 4.69) is 12.2 Å². The fourth-order valence-electron chi connectivity index (χ4n) is 3.92. The van der Waals surface area contributed by atoms with Gasteiger partial charge in [0.25, 0.3) is 0 Å². The Hall–Kier alpha value is -3.02. The molecule has 2 aromatic carbocycles. The Morgan fingerprint density at radius 1 is 1.03 bits per heavy atom. The number of rotatable bonds is 8. The average Bonchev–Trinajstić information content (AvgIpc) is 2.79. The molecule has 2 atom stereocenters. The number of ether oxygens (including phenoxy) is 2. The zero-order valence-corrected chi connectivity index (χ0v) is 17.9. The number of unbranched alkanes of at least 4 members (excludes halogenated alkanes) is 1. The molecule has 1 aliphatic rings. The minimum atomic E-state index is -0.382. The first-order chi connectivity index (χ1) is 14.6. The van der Waals surface area contributed by atoms with Crippen molar-refractivity contribution in [1.82, 2.24) is 5.32 Å². The Labute approximate surface area is 178 Å². The fraction of sp³-hybridized carbons (Fsp3) is 0.417. The van der Waals surface area contributed by atoms with E-state index in [0.29, 0.717) is 19.4 Å². The summed E-state index contributed by atoms with van der Waals surface area (Å²) >= 11 is 0. The first kappa shape index (κ1) is 21.7. The largest absolute Gasteiger partial charge is 0.497 e. The van der Waals surface area contributed by atoms with E-state index < -0.39 is 0 Å². The van der Waals surface area contributed by atoms with E-state index in [-0.39, 0.29) is 23.8 Å². The number of nitrogens with zero attached hydrogens (tertiary/aromatic N) is 1. The van der Waals surface area contributed by atoms with Crippen LogP contribution < -0.4 is 19.7 Å². The van der Waals surface area contributed by atoms with Crippen LogP contribution >= 0.6 is 0 Å². The lowest BCUT2D eigenvalue weighted by Crippen LogP contribution is -2.48. The molecule has 0 radical (unpaired) electrons. The Morgan fingerprint density at radius 3 is 2.20 bits per heavy atom. The maximum absolute atomic E-state index is 13.1. The minimum absolute atomic E-state index is 0.00437. The molecule has 1 saturated heterocycles. The van der Waals surface area contributed by atoms with E-state index in [1.807, 2.05) is 48.5 Å². The van der Waals surface area contributed by atoms with Gasteiger partial charge in [-0.25, -0.2) is 0 Å². The predicted molar refractivity (Wildman–Crippen MR) is 117 cm³/mol. The van der Waals surface area contributed by atoms with Crippen LogP contribution in [0.2, 0.25) is 0 Å². The summed E-state index contributed by atoms with van der Waals surface area (Å²) in [6.45, 7) is 2.74. The highest BCUT2D eigenvalue weighted by molar-refractivity contribution is 5.97. The number of hydrogen-bond donors (Lipinski definition) is 1. The first-order valence-corrected chi connectivity index (χ1v) is 10.5. The van der Waals surface area contributed by atoms with Crippen molar-refractivity contribution >= 4 is 17.5 Å². The van der Waals surface area contributed by atoms with Gasteiger partial charge in [-0.2, -0.15) is 0 Å². The van der Waals surface area contributed by atoms with Crippen LogP contribution in [0.5, 0.6) is 11.5 Å².